The minimum Gasteiger partial charge on any atom is -0.377 e. The van der Waals surface area contributed by atoms with E-state index in [2.05, 4.69) is 12.2 Å². The van der Waals surface area contributed by atoms with Crippen LogP contribution in [0, 0.1) is 5.92 Å². The Hall–Kier alpha value is -0.0800. The fraction of sp³-hybridized carbons (Fsp3) is 1.00. The molecule has 2 aliphatic rings. The van der Waals surface area contributed by atoms with Crippen molar-refractivity contribution in [3.8, 4) is 0 Å². The molecule has 13 heavy (non-hydrogen) atoms. The van der Waals surface area contributed by atoms with E-state index in [1.54, 1.807) is 0 Å². The van der Waals surface area contributed by atoms with E-state index >= 15 is 0 Å². The van der Waals surface area contributed by atoms with Crippen molar-refractivity contribution in [3.63, 3.8) is 0 Å². The third-order valence-corrected chi connectivity index (χ3v) is 3.13. The van der Waals surface area contributed by atoms with Gasteiger partial charge in [0.05, 0.1) is 6.10 Å². The van der Waals surface area contributed by atoms with Gasteiger partial charge in [0.2, 0.25) is 0 Å². The van der Waals surface area contributed by atoms with E-state index in [1.807, 2.05) is 0 Å². The van der Waals surface area contributed by atoms with Crippen molar-refractivity contribution in [2.24, 2.45) is 5.92 Å². The molecule has 0 aromatic carbocycles. The Morgan fingerprint density at radius 1 is 1.38 bits per heavy atom. The Morgan fingerprint density at radius 3 is 2.77 bits per heavy atom. The second-order valence-electron chi connectivity index (χ2n) is 4.37. The highest BCUT2D eigenvalue weighted by molar-refractivity contribution is 4.92. The van der Waals surface area contributed by atoms with E-state index in [9.17, 15) is 0 Å². The van der Waals surface area contributed by atoms with Crippen LogP contribution in [-0.2, 0) is 4.74 Å². The molecule has 1 heterocycles. The van der Waals surface area contributed by atoms with E-state index in [-0.39, 0.29) is 0 Å². The van der Waals surface area contributed by atoms with Gasteiger partial charge >= 0.3 is 0 Å². The molecule has 0 radical (unpaired) electrons. The van der Waals surface area contributed by atoms with Gasteiger partial charge in [-0.25, -0.2) is 0 Å². The number of hydrogen-bond donors (Lipinski definition) is 1. The van der Waals surface area contributed by atoms with Gasteiger partial charge in [0.25, 0.3) is 0 Å². The van der Waals surface area contributed by atoms with Crippen molar-refractivity contribution in [2.45, 2.75) is 51.2 Å². The normalized spacial score (nSPS) is 30.7. The summed E-state index contributed by atoms with van der Waals surface area (Å²) in [7, 11) is 0. The number of ether oxygens (including phenoxy) is 1. The quantitative estimate of drug-likeness (QED) is 0.703. The summed E-state index contributed by atoms with van der Waals surface area (Å²) in [6.07, 6.45) is 7.14. The van der Waals surface area contributed by atoms with Crippen molar-refractivity contribution >= 4 is 0 Å². The molecule has 76 valence electrons. The van der Waals surface area contributed by atoms with Crippen LogP contribution in [0.2, 0.25) is 0 Å². The maximum atomic E-state index is 5.75. The molecule has 0 amide bonds. The van der Waals surface area contributed by atoms with E-state index in [4.69, 9.17) is 4.74 Å². The fourth-order valence-corrected chi connectivity index (χ4v) is 2.25. The SMILES string of the molecule is CCCNC(C1CC1)C1CCCO1. The lowest BCUT2D eigenvalue weighted by Gasteiger charge is -2.23. The topological polar surface area (TPSA) is 21.3 Å². The molecule has 0 bridgehead atoms. The van der Waals surface area contributed by atoms with Gasteiger partial charge in [0, 0.05) is 12.6 Å². The lowest BCUT2D eigenvalue weighted by atomic mass is 10.0. The highest BCUT2D eigenvalue weighted by Crippen LogP contribution is 2.36. The largest absolute Gasteiger partial charge is 0.377 e. The van der Waals surface area contributed by atoms with Crippen molar-refractivity contribution < 1.29 is 4.74 Å². The molecule has 1 N–H and O–H groups in total. The van der Waals surface area contributed by atoms with Crippen LogP contribution in [0.25, 0.3) is 0 Å². The lowest BCUT2D eigenvalue weighted by molar-refractivity contribution is 0.0714. The van der Waals surface area contributed by atoms with Gasteiger partial charge in [-0.15, -0.1) is 0 Å². The second-order valence-corrected chi connectivity index (χ2v) is 4.37. The summed E-state index contributed by atoms with van der Waals surface area (Å²) in [5.41, 5.74) is 0. The van der Waals surface area contributed by atoms with Crippen molar-refractivity contribution in [1.29, 1.82) is 0 Å². The summed E-state index contributed by atoms with van der Waals surface area (Å²) in [4.78, 5) is 0. The Kier molecular flexibility index (Phi) is 3.23. The van der Waals surface area contributed by atoms with Crippen LogP contribution < -0.4 is 5.32 Å². The van der Waals surface area contributed by atoms with Gasteiger partial charge < -0.3 is 10.1 Å². The van der Waals surface area contributed by atoms with Crippen LogP contribution in [0.4, 0.5) is 0 Å². The van der Waals surface area contributed by atoms with Gasteiger partial charge in [-0.05, 0) is 44.6 Å². The Morgan fingerprint density at radius 2 is 2.23 bits per heavy atom. The molecular formula is C11H21NO. The second kappa shape index (κ2) is 4.43. The third kappa shape index (κ3) is 2.44. The summed E-state index contributed by atoms with van der Waals surface area (Å²) >= 11 is 0. The van der Waals surface area contributed by atoms with E-state index in [0.717, 1.165) is 19.1 Å². The molecule has 2 unspecified atom stereocenters. The molecule has 2 fully saturated rings. The molecule has 1 aliphatic carbocycles. The average Bonchev–Trinajstić information content (AvgIpc) is 2.82. The summed E-state index contributed by atoms with van der Waals surface area (Å²) < 4.78 is 5.75. The van der Waals surface area contributed by atoms with Crippen molar-refractivity contribution in [1.82, 2.24) is 5.32 Å². The fourth-order valence-electron chi connectivity index (χ4n) is 2.25. The molecule has 1 saturated carbocycles. The molecule has 2 heteroatoms. The van der Waals surface area contributed by atoms with Gasteiger partial charge in [0.1, 0.15) is 0 Å². The maximum Gasteiger partial charge on any atom is 0.0731 e. The van der Waals surface area contributed by atoms with Gasteiger partial charge in [0.15, 0.2) is 0 Å². The van der Waals surface area contributed by atoms with Crippen LogP contribution in [-0.4, -0.2) is 25.3 Å². The maximum absolute atomic E-state index is 5.75. The standard InChI is InChI=1S/C11H21NO/c1-2-7-12-11(9-5-6-9)10-4-3-8-13-10/h9-12H,2-8H2,1H3. The molecule has 1 saturated heterocycles. The minimum absolute atomic E-state index is 0.527. The van der Waals surface area contributed by atoms with Crippen molar-refractivity contribution in [3.05, 3.63) is 0 Å². The van der Waals surface area contributed by atoms with E-state index in [0.29, 0.717) is 12.1 Å². The molecule has 2 rings (SSSR count). The molecule has 2 nitrogen and oxygen atoms in total. The molecule has 2 atom stereocenters. The first kappa shape index (κ1) is 9.47. The van der Waals surface area contributed by atoms with Crippen LogP contribution in [0.1, 0.15) is 39.0 Å². The third-order valence-electron chi connectivity index (χ3n) is 3.13. The Balaban J connectivity index is 1.80. The Bertz CT molecular complexity index is 150. The predicted molar refractivity (Wildman–Crippen MR) is 53.8 cm³/mol. The smallest absolute Gasteiger partial charge is 0.0731 e. The zero-order valence-corrected chi connectivity index (χ0v) is 8.59. The van der Waals surface area contributed by atoms with Crippen LogP contribution >= 0.6 is 0 Å². The number of rotatable bonds is 5. The molecule has 0 spiro atoms. The summed E-state index contributed by atoms with van der Waals surface area (Å²) in [5, 5.41) is 3.65. The van der Waals surface area contributed by atoms with Gasteiger partial charge in [-0.3, -0.25) is 0 Å². The summed E-state index contributed by atoms with van der Waals surface area (Å²) in [6, 6.07) is 0.669. The molecular weight excluding hydrogens is 162 g/mol. The summed E-state index contributed by atoms with van der Waals surface area (Å²) in [5.74, 6) is 0.926. The number of nitrogens with one attached hydrogen (secondary N) is 1. The Labute approximate surface area is 81.0 Å². The average molecular weight is 183 g/mol. The van der Waals surface area contributed by atoms with Gasteiger partial charge in [-0.1, -0.05) is 6.92 Å². The monoisotopic (exact) mass is 183 g/mol. The van der Waals surface area contributed by atoms with Crippen LogP contribution in [0.15, 0.2) is 0 Å². The van der Waals surface area contributed by atoms with E-state index in [1.165, 1.54) is 32.1 Å². The highest BCUT2D eigenvalue weighted by atomic mass is 16.5. The first-order chi connectivity index (χ1) is 6.42. The van der Waals surface area contributed by atoms with E-state index < -0.39 is 0 Å². The zero-order chi connectivity index (χ0) is 9.10. The van der Waals surface area contributed by atoms with Crippen LogP contribution in [0.5, 0.6) is 0 Å². The highest BCUT2D eigenvalue weighted by Gasteiger charge is 2.37. The predicted octanol–water partition coefficient (Wildman–Crippen LogP) is 1.94. The van der Waals surface area contributed by atoms with Gasteiger partial charge in [-0.2, -0.15) is 0 Å². The van der Waals surface area contributed by atoms with Crippen molar-refractivity contribution in [2.75, 3.05) is 13.2 Å². The minimum atomic E-state index is 0.527. The summed E-state index contributed by atoms with van der Waals surface area (Å²) in [6.45, 7) is 4.37. The molecule has 0 aromatic heterocycles. The van der Waals surface area contributed by atoms with Crippen LogP contribution in [0.3, 0.4) is 0 Å². The molecule has 0 aromatic rings. The number of hydrogen-bond acceptors (Lipinski definition) is 2. The zero-order valence-electron chi connectivity index (χ0n) is 8.59. The molecule has 1 aliphatic heterocycles. The lowest BCUT2D eigenvalue weighted by Crippen LogP contribution is -2.41. The first-order valence-corrected chi connectivity index (χ1v) is 5.77. The first-order valence-electron chi connectivity index (χ1n) is 5.77.